The number of nitrogens with two attached hydrogens (primary N) is 1. The summed E-state index contributed by atoms with van der Waals surface area (Å²) in [6.45, 7) is 2.06. The van der Waals surface area contributed by atoms with Crippen molar-refractivity contribution in [1.29, 1.82) is 0 Å². The number of aromatic nitrogens is 2. The molecule has 0 amide bonds. The summed E-state index contributed by atoms with van der Waals surface area (Å²) in [7, 11) is 0. The Balaban J connectivity index is 2.44. The van der Waals surface area contributed by atoms with Gasteiger partial charge in [0.15, 0.2) is 0 Å². The first-order chi connectivity index (χ1) is 6.81. The molecule has 0 radical (unpaired) electrons. The highest BCUT2D eigenvalue weighted by Gasteiger charge is 2.03. The highest BCUT2D eigenvalue weighted by molar-refractivity contribution is 5.64. The van der Waals surface area contributed by atoms with Gasteiger partial charge in [0.1, 0.15) is 0 Å². The molecule has 2 rings (SSSR count). The standard InChI is InChI=1S/C10H12N4/c1-7-4-2-3-5-8(7)9-6-12-10(13-9)14-11/h2-6H,11H2,1H3,(H2,12,13,14). The van der Waals surface area contributed by atoms with Crippen molar-refractivity contribution in [3.05, 3.63) is 36.0 Å². The third-order valence-electron chi connectivity index (χ3n) is 2.15. The normalized spacial score (nSPS) is 10.1. The molecule has 0 saturated heterocycles. The number of aryl methyl sites for hydroxylation is 1. The summed E-state index contributed by atoms with van der Waals surface area (Å²) in [6.07, 6.45) is 1.76. The number of benzene rings is 1. The minimum atomic E-state index is 0.572. The first-order valence-electron chi connectivity index (χ1n) is 4.39. The van der Waals surface area contributed by atoms with Crippen LogP contribution in [0.15, 0.2) is 30.5 Å². The molecular weight excluding hydrogens is 176 g/mol. The molecule has 0 saturated carbocycles. The summed E-state index contributed by atoms with van der Waals surface area (Å²) in [4.78, 5) is 7.13. The van der Waals surface area contributed by atoms with Gasteiger partial charge in [0, 0.05) is 5.56 Å². The van der Waals surface area contributed by atoms with Crippen molar-refractivity contribution in [3.8, 4) is 11.3 Å². The van der Waals surface area contributed by atoms with Crippen LogP contribution in [0, 0.1) is 6.92 Å². The Morgan fingerprint density at radius 2 is 2.14 bits per heavy atom. The van der Waals surface area contributed by atoms with Crippen LogP contribution in [0.4, 0.5) is 5.95 Å². The van der Waals surface area contributed by atoms with E-state index < -0.39 is 0 Å². The SMILES string of the molecule is Cc1ccccc1-c1cnc(NN)[nH]1. The Kier molecular flexibility index (Phi) is 2.20. The van der Waals surface area contributed by atoms with Crippen molar-refractivity contribution >= 4 is 5.95 Å². The lowest BCUT2D eigenvalue weighted by Crippen LogP contribution is -2.07. The van der Waals surface area contributed by atoms with Crippen LogP contribution < -0.4 is 11.3 Å². The zero-order chi connectivity index (χ0) is 9.97. The van der Waals surface area contributed by atoms with Gasteiger partial charge in [-0.2, -0.15) is 0 Å². The molecule has 0 aliphatic rings. The summed E-state index contributed by atoms with van der Waals surface area (Å²) in [5.74, 6) is 5.81. The maximum atomic E-state index is 5.24. The maximum Gasteiger partial charge on any atom is 0.215 e. The van der Waals surface area contributed by atoms with E-state index >= 15 is 0 Å². The van der Waals surface area contributed by atoms with Crippen molar-refractivity contribution in [3.63, 3.8) is 0 Å². The second-order valence-corrected chi connectivity index (χ2v) is 3.10. The fourth-order valence-electron chi connectivity index (χ4n) is 1.41. The lowest BCUT2D eigenvalue weighted by molar-refractivity contribution is 1.20. The number of imidazole rings is 1. The second kappa shape index (κ2) is 3.51. The zero-order valence-corrected chi connectivity index (χ0v) is 7.91. The number of aromatic amines is 1. The van der Waals surface area contributed by atoms with Crippen LogP contribution in [0.5, 0.6) is 0 Å². The van der Waals surface area contributed by atoms with Crippen molar-refractivity contribution in [1.82, 2.24) is 9.97 Å². The van der Waals surface area contributed by atoms with E-state index in [0.717, 1.165) is 11.3 Å². The summed E-state index contributed by atoms with van der Waals surface area (Å²) >= 11 is 0. The molecule has 4 N–H and O–H groups in total. The Labute approximate surface area is 82.1 Å². The number of hydrazine groups is 1. The fraction of sp³-hybridized carbons (Fsp3) is 0.100. The van der Waals surface area contributed by atoms with Crippen LogP contribution in [0.2, 0.25) is 0 Å². The molecule has 4 nitrogen and oxygen atoms in total. The van der Waals surface area contributed by atoms with Gasteiger partial charge in [-0.3, -0.25) is 5.43 Å². The average Bonchev–Trinajstić information content (AvgIpc) is 2.67. The first kappa shape index (κ1) is 8.77. The summed E-state index contributed by atoms with van der Waals surface area (Å²) in [5, 5.41) is 0. The molecule has 0 aliphatic carbocycles. The van der Waals surface area contributed by atoms with Crippen LogP contribution in [0.1, 0.15) is 5.56 Å². The maximum absolute atomic E-state index is 5.24. The molecule has 72 valence electrons. The Bertz CT molecular complexity index is 433. The molecule has 4 heteroatoms. The number of nitrogens with zero attached hydrogens (tertiary/aromatic N) is 1. The van der Waals surface area contributed by atoms with E-state index in [1.165, 1.54) is 5.56 Å². The molecule has 0 atom stereocenters. The van der Waals surface area contributed by atoms with Gasteiger partial charge in [0.2, 0.25) is 5.95 Å². The van der Waals surface area contributed by atoms with E-state index in [1.807, 2.05) is 18.2 Å². The third kappa shape index (κ3) is 1.47. The lowest BCUT2D eigenvalue weighted by atomic mass is 10.1. The van der Waals surface area contributed by atoms with Crippen molar-refractivity contribution in [2.75, 3.05) is 5.43 Å². The van der Waals surface area contributed by atoms with Gasteiger partial charge in [0.25, 0.3) is 0 Å². The monoisotopic (exact) mass is 188 g/mol. The Hall–Kier alpha value is -1.81. The number of H-pyrrole nitrogens is 1. The van der Waals surface area contributed by atoms with E-state index in [9.17, 15) is 0 Å². The molecule has 1 heterocycles. The average molecular weight is 188 g/mol. The molecule has 1 aromatic carbocycles. The zero-order valence-electron chi connectivity index (χ0n) is 7.91. The minimum absolute atomic E-state index is 0.572. The summed E-state index contributed by atoms with van der Waals surface area (Å²) in [6, 6.07) is 8.12. The fourth-order valence-corrected chi connectivity index (χ4v) is 1.41. The summed E-state index contributed by atoms with van der Waals surface area (Å²) in [5.41, 5.74) is 5.79. The third-order valence-corrected chi connectivity index (χ3v) is 2.15. The first-order valence-corrected chi connectivity index (χ1v) is 4.39. The number of anilines is 1. The highest BCUT2D eigenvalue weighted by Crippen LogP contribution is 2.21. The topological polar surface area (TPSA) is 66.7 Å². The van der Waals surface area contributed by atoms with Crippen molar-refractivity contribution < 1.29 is 0 Å². The van der Waals surface area contributed by atoms with E-state index in [-0.39, 0.29) is 0 Å². The Morgan fingerprint density at radius 1 is 1.36 bits per heavy atom. The van der Waals surface area contributed by atoms with Crippen LogP contribution in [-0.4, -0.2) is 9.97 Å². The number of hydrogen-bond donors (Lipinski definition) is 3. The summed E-state index contributed by atoms with van der Waals surface area (Å²) < 4.78 is 0. The molecule has 0 spiro atoms. The molecule has 2 aromatic rings. The van der Waals surface area contributed by atoms with Gasteiger partial charge >= 0.3 is 0 Å². The van der Waals surface area contributed by atoms with Crippen molar-refractivity contribution in [2.24, 2.45) is 5.84 Å². The molecule has 0 unspecified atom stereocenters. The van der Waals surface area contributed by atoms with Gasteiger partial charge in [0.05, 0.1) is 11.9 Å². The smallest absolute Gasteiger partial charge is 0.215 e. The molecule has 0 aliphatic heterocycles. The van der Waals surface area contributed by atoms with Crippen LogP contribution in [0.3, 0.4) is 0 Å². The van der Waals surface area contributed by atoms with Gasteiger partial charge in [-0.1, -0.05) is 24.3 Å². The van der Waals surface area contributed by atoms with Crippen LogP contribution in [-0.2, 0) is 0 Å². The van der Waals surface area contributed by atoms with Gasteiger partial charge in [-0.15, -0.1) is 0 Å². The second-order valence-electron chi connectivity index (χ2n) is 3.10. The lowest BCUT2D eigenvalue weighted by Gasteiger charge is -2.01. The number of nitrogen functional groups attached to an aromatic ring is 1. The van der Waals surface area contributed by atoms with Gasteiger partial charge < -0.3 is 4.98 Å². The quantitative estimate of drug-likeness (QED) is 0.496. The predicted molar refractivity (Wildman–Crippen MR) is 56.6 cm³/mol. The minimum Gasteiger partial charge on any atom is -0.323 e. The highest BCUT2D eigenvalue weighted by atomic mass is 15.3. The molecule has 1 aromatic heterocycles. The van der Waals surface area contributed by atoms with E-state index in [0.29, 0.717) is 5.95 Å². The van der Waals surface area contributed by atoms with Gasteiger partial charge in [-0.05, 0) is 12.5 Å². The van der Waals surface area contributed by atoms with E-state index in [4.69, 9.17) is 5.84 Å². The van der Waals surface area contributed by atoms with Gasteiger partial charge in [-0.25, -0.2) is 10.8 Å². The Morgan fingerprint density at radius 3 is 2.79 bits per heavy atom. The molecule has 0 bridgehead atoms. The van der Waals surface area contributed by atoms with Crippen LogP contribution in [0.25, 0.3) is 11.3 Å². The largest absolute Gasteiger partial charge is 0.323 e. The number of hydrogen-bond acceptors (Lipinski definition) is 3. The van der Waals surface area contributed by atoms with Crippen LogP contribution >= 0.6 is 0 Å². The van der Waals surface area contributed by atoms with E-state index in [1.54, 1.807) is 6.20 Å². The molecule has 0 fully saturated rings. The predicted octanol–water partition coefficient (Wildman–Crippen LogP) is 1.67. The molecular formula is C10H12N4. The van der Waals surface area contributed by atoms with Crippen molar-refractivity contribution in [2.45, 2.75) is 6.92 Å². The number of rotatable bonds is 2. The molecule has 14 heavy (non-hydrogen) atoms. The van der Waals surface area contributed by atoms with E-state index in [2.05, 4.69) is 28.4 Å². The number of nitrogens with one attached hydrogen (secondary N) is 2.